The molecule has 14 heavy (non-hydrogen) atoms. The minimum absolute atomic E-state index is 0.103. The number of para-hydroxylation sites is 1. The van der Waals surface area contributed by atoms with E-state index in [0.29, 0.717) is 6.42 Å². The predicted molar refractivity (Wildman–Crippen MR) is 55.5 cm³/mol. The molecule has 0 bridgehead atoms. The Morgan fingerprint density at radius 1 is 1.21 bits per heavy atom. The second-order valence-corrected chi connectivity index (χ2v) is 3.23. The molecule has 0 radical (unpaired) electrons. The number of hydrogen-bond acceptors (Lipinski definition) is 2. The summed E-state index contributed by atoms with van der Waals surface area (Å²) in [6.07, 6.45) is 3.25. The van der Waals surface area contributed by atoms with E-state index in [1.54, 1.807) is 0 Å². The van der Waals surface area contributed by atoms with Crippen LogP contribution < -0.4 is 10.6 Å². The van der Waals surface area contributed by atoms with Gasteiger partial charge in [-0.2, -0.15) is 0 Å². The fourth-order valence-corrected chi connectivity index (χ4v) is 1.37. The van der Waals surface area contributed by atoms with Gasteiger partial charge in [0.1, 0.15) is 0 Å². The van der Waals surface area contributed by atoms with Crippen LogP contribution in [-0.4, -0.2) is 5.91 Å². The standard InChI is InChI=1S/C11H12N2O/c14-11-7-6-10(13-11)8-12-9-4-2-1-3-5-9/h1-5,8,12H,6-7H2,(H,13,14)/b10-8-. The van der Waals surface area contributed by atoms with Crippen LogP contribution in [-0.2, 0) is 4.79 Å². The SMILES string of the molecule is O=C1CC/C(=C/Nc2ccccc2)N1. The van der Waals surface area contributed by atoms with E-state index in [1.165, 1.54) is 0 Å². The summed E-state index contributed by atoms with van der Waals surface area (Å²) in [5.41, 5.74) is 1.99. The van der Waals surface area contributed by atoms with Crippen LogP contribution in [0.25, 0.3) is 0 Å². The molecule has 2 N–H and O–H groups in total. The number of rotatable bonds is 2. The predicted octanol–water partition coefficient (Wildman–Crippen LogP) is 1.85. The van der Waals surface area contributed by atoms with Crippen molar-refractivity contribution in [2.24, 2.45) is 0 Å². The number of hydrogen-bond donors (Lipinski definition) is 2. The van der Waals surface area contributed by atoms with Crippen LogP contribution in [0.3, 0.4) is 0 Å². The quantitative estimate of drug-likeness (QED) is 0.743. The van der Waals surface area contributed by atoms with Gasteiger partial charge in [0.15, 0.2) is 0 Å². The summed E-state index contributed by atoms with van der Waals surface area (Å²) in [5.74, 6) is 0.103. The molecule has 0 aromatic heterocycles. The lowest BCUT2D eigenvalue weighted by Gasteiger charge is -2.01. The van der Waals surface area contributed by atoms with Crippen LogP contribution in [0.2, 0.25) is 0 Å². The Morgan fingerprint density at radius 3 is 2.64 bits per heavy atom. The number of amides is 1. The number of carbonyl (C=O) groups is 1. The summed E-state index contributed by atoms with van der Waals surface area (Å²) >= 11 is 0. The topological polar surface area (TPSA) is 41.1 Å². The van der Waals surface area contributed by atoms with Gasteiger partial charge in [-0.1, -0.05) is 18.2 Å². The van der Waals surface area contributed by atoms with E-state index in [4.69, 9.17) is 0 Å². The van der Waals surface area contributed by atoms with Gasteiger partial charge in [-0.15, -0.1) is 0 Å². The van der Waals surface area contributed by atoms with Crippen LogP contribution in [0.4, 0.5) is 5.69 Å². The Balaban J connectivity index is 1.97. The fourth-order valence-electron chi connectivity index (χ4n) is 1.37. The maximum atomic E-state index is 10.9. The first-order valence-electron chi connectivity index (χ1n) is 4.65. The maximum Gasteiger partial charge on any atom is 0.224 e. The molecule has 0 unspecified atom stereocenters. The number of nitrogens with one attached hydrogen (secondary N) is 2. The molecule has 1 amide bonds. The molecule has 3 nitrogen and oxygen atoms in total. The Morgan fingerprint density at radius 2 is 2.00 bits per heavy atom. The normalized spacial score (nSPS) is 18.3. The van der Waals surface area contributed by atoms with Crippen molar-refractivity contribution in [1.29, 1.82) is 0 Å². The van der Waals surface area contributed by atoms with E-state index >= 15 is 0 Å². The first-order valence-corrected chi connectivity index (χ1v) is 4.65. The third-order valence-electron chi connectivity index (χ3n) is 2.11. The van der Waals surface area contributed by atoms with Crippen molar-refractivity contribution >= 4 is 11.6 Å². The molecule has 3 heteroatoms. The third kappa shape index (κ3) is 2.13. The Hall–Kier alpha value is -1.77. The summed E-state index contributed by atoms with van der Waals surface area (Å²) in [6, 6.07) is 9.86. The van der Waals surface area contributed by atoms with E-state index in [2.05, 4.69) is 10.6 Å². The second-order valence-electron chi connectivity index (χ2n) is 3.23. The molecular weight excluding hydrogens is 176 g/mol. The first-order chi connectivity index (χ1) is 6.84. The second kappa shape index (κ2) is 3.96. The maximum absolute atomic E-state index is 10.9. The Bertz CT molecular complexity index is 357. The van der Waals surface area contributed by atoms with Crippen LogP contribution in [0.15, 0.2) is 42.2 Å². The molecule has 0 spiro atoms. The zero-order chi connectivity index (χ0) is 9.80. The van der Waals surface area contributed by atoms with Gasteiger partial charge in [0.2, 0.25) is 5.91 Å². The van der Waals surface area contributed by atoms with Crippen molar-refractivity contribution in [3.8, 4) is 0 Å². The highest BCUT2D eigenvalue weighted by Crippen LogP contribution is 2.11. The summed E-state index contributed by atoms with van der Waals surface area (Å²) in [4.78, 5) is 10.9. The molecule has 1 aromatic carbocycles. The average molecular weight is 188 g/mol. The molecule has 0 atom stereocenters. The summed E-state index contributed by atoms with van der Waals surface area (Å²) in [5, 5.41) is 5.91. The molecule has 1 aliphatic rings. The fraction of sp³-hybridized carbons (Fsp3) is 0.182. The number of allylic oxidation sites excluding steroid dienone is 1. The molecule has 1 saturated heterocycles. The van der Waals surface area contributed by atoms with Gasteiger partial charge in [-0.25, -0.2) is 0 Å². The van der Waals surface area contributed by atoms with Crippen molar-refractivity contribution < 1.29 is 4.79 Å². The summed E-state index contributed by atoms with van der Waals surface area (Å²) in [7, 11) is 0. The van der Waals surface area contributed by atoms with Crippen LogP contribution in [0.1, 0.15) is 12.8 Å². The lowest BCUT2D eigenvalue weighted by atomic mass is 10.3. The zero-order valence-electron chi connectivity index (χ0n) is 7.79. The highest BCUT2D eigenvalue weighted by molar-refractivity contribution is 5.81. The van der Waals surface area contributed by atoms with Crippen molar-refractivity contribution in [1.82, 2.24) is 5.32 Å². The molecule has 72 valence electrons. The van der Waals surface area contributed by atoms with Gasteiger partial charge in [-0.05, 0) is 18.6 Å². The summed E-state index contributed by atoms with van der Waals surface area (Å²) < 4.78 is 0. The number of anilines is 1. The van der Waals surface area contributed by atoms with Crippen molar-refractivity contribution in [2.45, 2.75) is 12.8 Å². The summed E-state index contributed by atoms with van der Waals surface area (Å²) in [6.45, 7) is 0. The molecule has 1 heterocycles. The van der Waals surface area contributed by atoms with Crippen LogP contribution in [0, 0.1) is 0 Å². The van der Waals surface area contributed by atoms with Crippen molar-refractivity contribution in [3.63, 3.8) is 0 Å². The number of benzene rings is 1. The first kappa shape index (κ1) is 8.81. The molecule has 1 aliphatic heterocycles. The highest BCUT2D eigenvalue weighted by atomic mass is 16.1. The largest absolute Gasteiger partial charge is 0.360 e. The van der Waals surface area contributed by atoms with E-state index in [-0.39, 0.29) is 5.91 Å². The van der Waals surface area contributed by atoms with E-state index < -0.39 is 0 Å². The smallest absolute Gasteiger partial charge is 0.224 e. The van der Waals surface area contributed by atoms with E-state index in [1.807, 2.05) is 36.5 Å². The van der Waals surface area contributed by atoms with Gasteiger partial charge in [-0.3, -0.25) is 4.79 Å². The zero-order valence-corrected chi connectivity index (χ0v) is 7.79. The molecule has 1 aromatic rings. The van der Waals surface area contributed by atoms with Crippen LogP contribution in [0.5, 0.6) is 0 Å². The monoisotopic (exact) mass is 188 g/mol. The molecule has 1 fully saturated rings. The number of carbonyl (C=O) groups excluding carboxylic acids is 1. The third-order valence-corrected chi connectivity index (χ3v) is 2.11. The molecule has 2 rings (SSSR count). The highest BCUT2D eigenvalue weighted by Gasteiger charge is 2.13. The van der Waals surface area contributed by atoms with Crippen molar-refractivity contribution in [2.75, 3.05) is 5.32 Å². The van der Waals surface area contributed by atoms with Gasteiger partial charge in [0, 0.05) is 24.0 Å². The van der Waals surface area contributed by atoms with E-state index in [0.717, 1.165) is 17.8 Å². The van der Waals surface area contributed by atoms with Gasteiger partial charge >= 0.3 is 0 Å². The van der Waals surface area contributed by atoms with Gasteiger partial charge < -0.3 is 10.6 Å². The Kier molecular flexibility index (Phi) is 2.49. The molecule has 0 saturated carbocycles. The molecular formula is C11H12N2O. The minimum Gasteiger partial charge on any atom is -0.360 e. The lowest BCUT2D eigenvalue weighted by molar-refractivity contribution is -0.118. The van der Waals surface area contributed by atoms with E-state index in [9.17, 15) is 4.79 Å². The average Bonchev–Trinajstić information content (AvgIpc) is 2.63. The Labute approximate surface area is 82.8 Å². The van der Waals surface area contributed by atoms with Gasteiger partial charge in [0.25, 0.3) is 0 Å². The minimum atomic E-state index is 0.103. The van der Waals surface area contributed by atoms with Crippen molar-refractivity contribution in [3.05, 3.63) is 42.2 Å². The molecule has 0 aliphatic carbocycles. The lowest BCUT2D eigenvalue weighted by Crippen LogP contribution is -2.12. The van der Waals surface area contributed by atoms with Crippen LogP contribution >= 0.6 is 0 Å². The van der Waals surface area contributed by atoms with Gasteiger partial charge in [0.05, 0.1) is 0 Å².